The number of hydrogen-bond donors (Lipinski definition) is 0. The van der Waals surface area contributed by atoms with Crippen molar-refractivity contribution in [1.29, 1.82) is 5.26 Å². The Morgan fingerprint density at radius 1 is 0.962 bits per heavy atom. The molecule has 0 amide bonds. The van der Waals surface area contributed by atoms with Crippen LogP contribution in [0.2, 0.25) is 0 Å². The number of nitrogens with zero attached hydrogens (tertiary/aromatic N) is 3. The van der Waals surface area contributed by atoms with E-state index in [4.69, 9.17) is 5.26 Å². The Balaban J connectivity index is 1.45. The van der Waals surface area contributed by atoms with Gasteiger partial charge in [-0.1, -0.05) is 36.4 Å². The molecule has 0 aliphatic carbocycles. The van der Waals surface area contributed by atoms with Crippen LogP contribution in [0.15, 0.2) is 48.5 Å². The number of rotatable bonds is 6. The zero-order valence-electron chi connectivity index (χ0n) is 15.2. The van der Waals surface area contributed by atoms with Crippen LogP contribution in [0.1, 0.15) is 29.5 Å². The average Bonchev–Trinajstić information content (AvgIpc) is 2.89. The van der Waals surface area contributed by atoms with Gasteiger partial charge in [0.15, 0.2) is 0 Å². The number of benzene rings is 2. The van der Waals surface area contributed by atoms with E-state index in [1.54, 1.807) is 12.1 Å². The van der Waals surface area contributed by atoms with E-state index in [0.717, 1.165) is 45.6 Å². The lowest BCUT2D eigenvalue weighted by molar-refractivity contribution is 0.248. The highest BCUT2D eigenvalue weighted by Gasteiger charge is 2.16. The maximum atomic E-state index is 14.1. The van der Waals surface area contributed by atoms with Gasteiger partial charge < -0.3 is 4.90 Å². The zero-order valence-corrected chi connectivity index (χ0v) is 15.2. The SMILES string of the molecule is N#Cc1ccc(CN2CCCN(CCCc3ccccc3)CC2)c(F)c1. The first-order valence-electron chi connectivity index (χ1n) is 9.42. The van der Waals surface area contributed by atoms with E-state index in [1.807, 2.05) is 6.07 Å². The van der Waals surface area contributed by atoms with Gasteiger partial charge >= 0.3 is 0 Å². The molecule has 0 spiro atoms. The standard InChI is InChI=1S/C22H26FN3/c23-22-16-20(17-24)9-10-21(22)18-26-13-5-12-25(14-15-26)11-4-8-19-6-2-1-3-7-19/h1-3,6-7,9-10,16H,4-5,8,11-15,18H2. The summed E-state index contributed by atoms with van der Waals surface area (Å²) >= 11 is 0. The molecule has 0 aromatic heterocycles. The second-order valence-corrected chi connectivity index (χ2v) is 6.98. The van der Waals surface area contributed by atoms with Crippen LogP contribution in [0, 0.1) is 17.1 Å². The highest BCUT2D eigenvalue weighted by Crippen LogP contribution is 2.14. The molecular formula is C22H26FN3. The van der Waals surface area contributed by atoms with Crippen LogP contribution in [0.3, 0.4) is 0 Å². The topological polar surface area (TPSA) is 30.3 Å². The van der Waals surface area contributed by atoms with Crippen LogP contribution < -0.4 is 0 Å². The molecule has 1 fully saturated rings. The van der Waals surface area contributed by atoms with Crippen LogP contribution >= 0.6 is 0 Å². The number of aryl methyl sites for hydroxylation is 1. The molecule has 26 heavy (non-hydrogen) atoms. The van der Waals surface area contributed by atoms with Crippen molar-refractivity contribution in [1.82, 2.24) is 9.80 Å². The molecule has 1 aliphatic rings. The maximum absolute atomic E-state index is 14.1. The van der Waals surface area contributed by atoms with Gasteiger partial charge in [-0.3, -0.25) is 4.90 Å². The fourth-order valence-electron chi connectivity index (χ4n) is 3.54. The third-order valence-corrected chi connectivity index (χ3v) is 5.04. The molecule has 0 radical (unpaired) electrons. The van der Waals surface area contributed by atoms with E-state index in [-0.39, 0.29) is 5.82 Å². The van der Waals surface area contributed by atoms with Crippen LogP contribution in [0.5, 0.6) is 0 Å². The zero-order chi connectivity index (χ0) is 18.2. The summed E-state index contributed by atoms with van der Waals surface area (Å²) in [5.41, 5.74) is 2.47. The Morgan fingerprint density at radius 3 is 2.50 bits per heavy atom. The lowest BCUT2D eigenvalue weighted by Crippen LogP contribution is -2.31. The van der Waals surface area contributed by atoms with Gasteiger partial charge in [0.05, 0.1) is 11.6 Å². The minimum absolute atomic E-state index is 0.270. The lowest BCUT2D eigenvalue weighted by atomic mass is 10.1. The van der Waals surface area contributed by atoms with E-state index in [0.29, 0.717) is 17.7 Å². The van der Waals surface area contributed by atoms with Gasteiger partial charge in [0.25, 0.3) is 0 Å². The maximum Gasteiger partial charge on any atom is 0.129 e. The molecule has 3 rings (SSSR count). The summed E-state index contributed by atoms with van der Waals surface area (Å²) in [7, 11) is 0. The Bertz CT molecular complexity index is 739. The largest absolute Gasteiger partial charge is 0.302 e. The van der Waals surface area contributed by atoms with Crippen molar-refractivity contribution in [2.75, 3.05) is 32.7 Å². The summed E-state index contributed by atoms with van der Waals surface area (Å²) in [6, 6.07) is 17.4. The molecule has 1 aliphatic heterocycles. The Labute approximate surface area is 155 Å². The fraction of sp³-hybridized carbons (Fsp3) is 0.409. The highest BCUT2D eigenvalue weighted by atomic mass is 19.1. The van der Waals surface area contributed by atoms with Crippen molar-refractivity contribution in [3.63, 3.8) is 0 Å². The minimum Gasteiger partial charge on any atom is -0.302 e. The number of nitriles is 1. The predicted molar refractivity (Wildman–Crippen MR) is 102 cm³/mol. The number of hydrogen-bond acceptors (Lipinski definition) is 3. The molecule has 1 saturated heterocycles. The Kier molecular flexibility index (Phi) is 6.76. The average molecular weight is 351 g/mol. The first kappa shape index (κ1) is 18.6. The van der Waals surface area contributed by atoms with Crippen molar-refractivity contribution >= 4 is 0 Å². The smallest absolute Gasteiger partial charge is 0.129 e. The van der Waals surface area contributed by atoms with Crippen molar-refractivity contribution < 1.29 is 4.39 Å². The molecule has 0 saturated carbocycles. The molecule has 2 aromatic carbocycles. The molecule has 4 heteroatoms. The minimum atomic E-state index is -0.270. The summed E-state index contributed by atoms with van der Waals surface area (Å²) in [4.78, 5) is 4.85. The summed E-state index contributed by atoms with van der Waals surface area (Å²) in [6.07, 6.45) is 3.41. The molecule has 3 nitrogen and oxygen atoms in total. The number of halogens is 1. The summed E-state index contributed by atoms with van der Waals surface area (Å²) in [5.74, 6) is -0.270. The van der Waals surface area contributed by atoms with Gasteiger partial charge in [-0.05, 0) is 56.6 Å². The van der Waals surface area contributed by atoms with Crippen LogP contribution in [-0.4, -0.2) is 42.5 Å². The second-order valence-electron chi connectivity index (χ2n) is 6.98. The van der Waals surface area contributed by atoms with Crippen molar-refractivity contribution in [2.24, 2.45) is 0 Å². The lowest BCUT2D eigenvalue weighted by Gasteiger charge is -2.22. The summed E-state index contributed by atoms with van der Waals surface area (Å²) in [6.45, 7) is 5.84. The van der Waals surface area contributed by atoms with Crippen LogP contribution in [0.4, 0.5) is 4.39 Å². The second kappa shape index (κ2) is 9.47. The van der Waals surface area contributed by atoms with Crippen LogP contribution in [-0.2, 0) is 13.0 Å². The molecule has 2 aromatic rings. The molecule has 0 N–H and O–H groups in total. The van der Waals surface area contributed by atoms with Gasteiger partial charge in [0, 0.05) is 25.2 Å². The third kappa shape index (κ3) is 5.39. The van der Waals surface area contributed by atoms with Gasteiger partial charge in [-0.25, -0.2) is 4.39 Å². The van der Waals surface area contributed by atoms with Gasteiger partial charge in [0.1, 0.15) is 5.82 Å². The Morgan fingerprint density at radius 2 is 1.73 bits per heavy atom. The van der Waals surface area contributed by atoms with Gasteiger partial charge in [-0.2, -0.15) is 5.26 Å². The normalized spacial score (nSPS) is 16.2. The van der Waals surface area contributed by atoms with Gasteiger partial charge in [-0.15, -0.1) is 0 Å². The summed E-state index contributed by atoms with van der Waals surface area (Å²) < 4.78 is 14.1. The fourth-order valence-corrected chi connectivity index (χ4v) is 3.54. The van der Waals surface area contributed by atoms with Crippen molar-refractivity contribution in [3.8, 4) is 6.07 Å². The van der Waals surface area contributed by atoms with E-state index in [9.17, 15) is 4.39 Å². The van der Waals surface area contributed by atoms with Gasteiger partial charge in [0.2, 0.25) is 0 Å². The first-order chi connectivity index (χ1) is 12.7. The molecule has 0 unspecified atom stereocenters. The molecular weight excluding hydrogens is 325 g/mol. The molecule has 0 bridgehead atoms. The Hall–Kier alpha value is -2.22. The monoisotopic (exact) mass is 351 g/mol. The van der Waals surface area contributed by atoms with E-state index in [2.05, 4.69) is 40.1 Å². The van der Waals surface area contributed by atoms with Crippen molar-refractivity contribution in [3.05, 3.63) is 71.0 Å². The quantitative estimate of drug-likeness (QED) is 0.792. The first-order valence-corrected chi connectivity index (χ1v) is 9.42. The summed E-state index contributed by atoms with van der Waals surface area (Å²) in [5, 5.41) is 8.85. The molecule has 1 heterocycles. The van der Waals surface area contributed by atoms with E-state index >= 15 is 0 Å². The third-order valence-electron chi connectivity index (χ3n) is 5.04. The van der Waals surface area contributed by atoms with E-state index in [1.165, 1.54) is 18.1 Å². The molecule has 0 atom stereocenters. The van der Waals surface area contributed by atoms with Crippen molar-refractivity contribution in [2.45, 2.75) is 25.8 Å². The van der Waals surface area contributed by atoms with Crippen LogP contribution in [0.25, 0.3) is 0 Å². The molecule has 136 valence electrons. The predicted octanol–water partition coefficient (Wildman–Crippen LogP) is 3.84. The highest BCUT2D eigenvalue weighted by molar-refractivity contribution is 5.32. The van der Waals surface area contributed by atoms with E-state index < -0.39 is 0 Å².